The van der Waals surface area contributed by atoms with E-state index in [0.29, 0.717) is 5.69 Å². The van der Waals surface area contributed by atoms with Gasteiger partial charge in [-0.15, -0.1) is 0 Å². The van der Waals surface area contributed by atoms with Crippen molar-refractivity contribution in [3.63, 3.8) is 0 Å². The molecule has 3 N–H and O–H groups in total. The highest BCUT2D eigenvalue weighted by Gasteiger charge is 2.05. The Bertz CT molecular complexity index is 418. The summed E-state index contributed by atoms with van der Waals surface area (Å²) >= 11 is 3.37. The minimum atomic E-state index is -0.472. The van der Waals surface area contributed by atoms with E-state index in [9.17, 15) is 9.59 Å². The number of nitrogens with two attached hydrogens (primary N) is 1. The number of halogens is 1. The standard InChI is InChI=1S/C11H13BrN2O2/c1-7-2-3-8(6-9(7)12)14-11(16)5-4-10(13)15/h2-3,6H,4-5H2,1H3,(H2,13,15)(H,14,16). The summed E-state index contributed by atoms with van der Waals surface area (Å²) in [4.78, 5) is 21.9. The van der Waals surface area contributed by atoms with E-state index in [1.54, 1.807) is 0 Å². The van der Waals surface area contributed by atoms with Crippen LogP contribution in [0, 0.1) is 6.92 Å². The molecule has 0 aliphatic rings. The molecule has 0 atom stereocenters. The number of carbonyl (C=O) groups excluding carboxylic acids is 2. The Balaban J connectivity index is 2.56. The summed E-state index contributed by atoms with van der Waals surface area (Å²) in [6.45, 7) is 1.96. The van der Waals surface area contributed by atoms with Crippen LogP contribution in [0.2, 0.25) is 0 Å². The van der Waals surface area contributed by atoms with Crippen molar-refractivity contribution in [3.8, 4) is 0 Å². The second-order valence-corrected chi connectivity index (χ2v) is 4.33. The number of primary amides is 1. The third kappa shape index (κ3) is 4.02. The number of aryl methyl sites for hydroxylation is 1. The molecular weight excluding hydrogens is 272 g/mol. The fourth-order valence-corrected chi connectivity index (χ4v) is 1.51. The smallest absolute Gasteiger partial charge is 0.224 e. The van der Waals surface area contributed by atoms with Crippen LogP contribution < -0.4 is 11.1 Å². The van der Waals surface area contributed by atoms with Crippen LogP contribution in [0.25, 0.3) is 0 Å². The molecule has 2 amide bonds. The Labute approximate surface area is 102 Å². The fourth-order valence-electron chi connectivity index (χ4n) is 1.13. The zero-order chi connectivity index (χ0) is 12.1. The predicted octanol–water partition coefficient (Wildman–Crippen LogP) is 1.96. The number of hydrogen-bond donors (Lipinski definition) is 2. The van der Waals surface area contributed by atoms with Gasteiger partial charge in [-0.2, -0.15) is 0 Å². The number of nitrogens with one attached hydrogen (secondary N) is 1. The van der Waals surface area contributed by atoms with Crippen LogP contribution in [0.15, 0.2) is 22.7 Å². The summed E-state index contributed by atoms with van der Waals surface area (Å²) in [7, 11) is 0. The molecule has 16 heavy (non-hydrogen) atoms. The monoisotopic (exact) mass is 284 g/mol. The van der Waals surface area contributed by atoms with Gasteiger partial charge < -0.3 is 11.1 Å². The van der Waals surface area contributed by atoms with Crippen LogP contribution in [-0.2, 0) is 9.59 Å². The van der Waals surface area contributed by atoms with Crippen molar-refractivity contribution in [2.75, 3.05) is 5.32 Å². The maximum Gasteiger partial charge on any atom is 0.224 e. The summed E-state index contributed by atoms with van der Waals surface area (Å²) in [5, 5.41) is 2.69. The van der Waals surface area contributed by atoms with Gasteiger partial charge in [-0.3, -0.25) is 9.59 Å². The predicted molar refractivity (Wildman–Crippen MR) is 65.9 cm³/mol. The molecule has 0 unspecified atom stereocenters. The van der Waals surface area contributed by atoms with Crippen LogP contribution >= 0.6 is 15.9 Å². The molecule has 1 aromatic rings. The van der Waals surface area contributed by atoms with Gasteiger partial charge >= 0.3 is 0 Å². The van der Waals surface area contributed by atoms with Crippen molar-refractivity contribution < 1.29 is 9.59 Å². The molecule has 0 heterocycles. The first-order valence-corrected chi connectivity index (χ1v) is 5.62. The Hall–Kier alpha value is -1.36. The first-order chi connectivity index (χ1) is 7.49. The van der Waals surface area contributed by atoms with Gasteiger partial charge in [0, 0.05) is 23.0 Å². The minimum absolute atomic E-state index is 0.0683. The van der Waals surface area contributed by atoms with E-state index < -0.39 is 5.91 Å². The van der Waals surface area contributed by atoms with E-state index >= 15 is 0 Å². The van der Waals surface area contributed by atoms with E-state index in [0.717, 1.165) is 10.0 Å². The average molecular weight is 285 g/mol. The molecule has 4 nitrogen and oxygen atoms in total. The van der Waals surface area contributed by atoms with Crippen molar-refractivity contribution in [2.24, 2.45) is 5.73 Å². The maximum absolute atomic E-state index is 11.4. The molecule has 0 spiro atoms. The largest absolute Gasteiger partial charge is 0.370 e. The number of benzene rings is 1. The van der Waals surface area contributed by atoms with Gasteiger partial charge in [0.25, 0.3) is 0 Å². The van der Waals surface area contributed by atoms with Gasteiger partial charge in [-0.1, -0.05) is 22.0 Å². The van der Waals surface area contributed by atoms with Gasteiger partial charge in [-0.25, -0.2) is 0 Å². The quantitative estimate of drug-likeness (QED) is 0.887. The van der Waals surface area contributed by atoms with Gasteiger partial charge in [-0.05, 0) is 24.6 Å². The first kappa shape index (κ1) is 12.7. The number of carbonyl (C=O) groups is 2. The van der Waals surface area contributed by atoms with E-state index in [2.05, 4.69) is 21.2 Å². The third-order valence-corrected chi connectivity index (χ3v) is 2.91. The van der Waals surface area contributed by atoms with Crippen molar-refractivity contribution in [2.45, 2.75) is 19.8 Å². The minimum Gasteiger partial charge on any atom is -0.370 e. The lowest BCUT2D eigenvalue weighted by Crippen LogP contribution is -2.17. The number of rotatable bonds is 4. The van der Waals surface area contributed by atoms with Crippen molar-refractivity contribution in [1.29, 1.82) is 0 Å². The van der Waals surface area contributed by atoms with Crippen molar-refractivity contribution >= 4 is 33.4 Å². The summed E-state index contributed by atoms with van der Waals surface area (Å²) < 4.78 is 0.931. The lowest BCUT2D eigenvalue weighted by atomic mass is 10.2. The Kier molecular flexibility index (Phi) is 4.49. The van der Waals surface area contributed by atoms with Gasteiger partial charge in [0.15, 0.2) is 0 Å². The normalized spacial score (nSPS) is 9.88. The summed E-state index contributed by atoms with van der Waals surface area (Å²) in [6.07, 6.45) is 0.180. The average Bonchev–Trinajstić information content (AvgIpc) is 2.21. The molecule has 0 saturated carbocycles. The van der Waals surface area contributed by atoms with Gasteiger partial charge in [0.2, 0.25) is 11.8 Å². The van der Waals surface area contributed by atoms with Gasteiger partial charge in [0.1, 0.15) is 0 Å². The highest BCUT2D eigenvalue weighted by molar-refractivity contribution is 9.10. The molecule has 1 rings (SSSR count). The second-order valence-electron chi connectivity index (χ2n) is 3.48. The van der Waals surface area contributed by atoms with Crippen LogP contribution in [0.3, 0.4) is 0 Å². The molecule has 5 heteroatoms. The topological polar surface area (TPSA) is 72.2 Å². The van der Waals surface area contributed by atoms with E-state index in [4.69, 9.17) is 5.73 Å². The highest BCUT2D eigenvalue weighted by Crippen LogP contribution is 2.20. The molecule has 0 radical (unpaired) electrons. The Morgan fingerprint density at radius 1 is 1.38 bits per heavy atom. The zero-order valence-electron chi connectivity index (χ0n) is 8.92. The molecule has 0 aliphatic heterocycles. The molecule has 1 aromatic carbocycles. The van der Waals surface area contributed by atoms with Crippen LogP contribution in [0.1, 0.15) is 18.4 Å². The second kappa shape index (κ2) is 5.65. The third-order valence-electron chi connectivity index (χ3n) is 2.05. The molecule has 0 aromatic heterocycles. The first-order valence-electron chi connectivity index (χ1n) is 4.83. The SMILES string of the molecule is Cc1ccc(NC(=O)CCC(N)=O)cc1Br. The lowest BCUT2D eigenvalue weighted by molar-refractivity contribution is -0.122. The molecule has 0 bridgehead atoms. The van der Waals surface area contributed by atoms with E-state index in [-0.39, 0.29) is 18.7 Å². The van der Waals surface area contributed by atoms with Gasteiger partial charge in [0.05, 0.1) is 0 Å². The van der Waals surface area contributed by atoms with Crippen molar-refractivity contribution in [3.05, 3.63) is 28.2 Å². The summed E-state index contributed by atoms with van der Waals surface area (Å²) in [5.74, 6) is -0.685. The van der Waals surface area contributed by atoms with E-state index in [1.807, 2.05) is 25.1 Å². The fraction of sp³-hybridized carbons (Fsp3) is 0.273. The molecular formula is C11H13BrN2O2. The highest BCUT2D eigenvalue weighted by atomic mass is 79.9. The molecule has 86 valence electrons. The van der Waals surface area contributed by atoms with E-state index in [1.165, 1.54) is 0 Å². The van der Waals surface area contributed by atoms with Crippen molar-refractivity contribution in [1.82, 2.24) is 0 Å². The zero-order valence-corrected chi connectivity index (χ0v) is 10.5. The number of amides is 2. The Morgan fingerprint density at radius 3 is 2.62 bits per heavy atom. The van der Waals surface area contributed by atoms with Crippen LogP contribution in [0.5, 0.6) is 0 Å². The molecule has 0 aliphatic carbocycles. The Morgan fingerprint density at radius 2 is 2.06 bits per heavy atom. The number of hydrogen-bond acceptors (Lipinski definition) is 2. The van der Waals surface area contributed by atoms with Crippen LogP contribution in [0.4, 0.5) is 5.69 Å². The summed E-state index contributed by atoms with van der Waals surface area (Å²) in [6, 6.07) is 5.52. The van der Waals surface area contributed by atoms with Crippen LogP contribution in [-0.4, -0.2) is 11.8 Å². The lowest BCUT2D eigenvalue weighted by Gasteiger charge is -2.06. The summed E-state index contributed by atoms with van der Waals surface area (Å²) in [5.41, 5.74) is 6.75. The molecule has 0 fully saturated rings. The number of anilines is 1. The maximum atomic E-state index is 11.4. The molecule has 0 saturated heterocycles.